The largest absolute Gasteiger partial charge is 0.508 e. The van der Waals surface area contributed by atoms with Gasteiger partial charge in [-0.1, -0.05) is 44.2 Å². The molecule has 0 aliphatic rings. The van der Waals surface area contributed by atoms with Gasteiger partial charge in [-0.2, -0.15) is 0 Å². The van der Waals surface area contributed by atoms with Gasteiger partial charge in [-0.3, -0.25) is 0 Å². The third kappa shape index (κ3) is 3.77. The van der Waals surface area contributed by atoms with Crippen LogP contribution >= 0.6 is 0 Å². The Balaban J connectivity index is 2.05. The Morgan fingerprint density at radius 1 is 0.643 bits per heavy atom. The molecule has 0 spiro atoms. The van der Waals surface area contributed by atoms with E-state index in [-0.39, 0.29) is 17.2 Å². The third-order valence-corrected chi connectivity index (χ3v) is 5.15. The van der Waals surface area contributed by atoms with Crippen molar-refractivity contribution < 1.29 is 20.1 Å². The highest BCUT2D eigenvalue weighted by molar-refractivity contribution is 5.54. The molecule has 4 nitrogen and oxygen atoms in total. The van der Waals surface area contributed by atoms with Crippen molar-refractivity contribution in [1.29, 1.82) is 0 Å². The summed E-state index contributed by atoms with van der Waals surface area (Å²) in [7, 11) is 0. The summed E-state index contributed by atoms with van der Waals surface area (Å²) in [4.78, 5) is 0. The van der Waals surface area contributed by atoms with Gasteiger partial charge in [0.1, 0.15) is 28.6 Å². The normalized spacial score (nSPS) is 12.0. The fraction of sp³-hybridized carbons (Fsp3) is 0.250. The van der Waals surface area contributed by atoms with Gasteiger partial charge in [0.2, 0.25) is 0 Å². The number of ether oxygens (including phenoxy) is 1. The molecule has 0 radical (unpaired) electrons. The van der Waals surface area contributed by atoms with E-state index >= 15 is 0 Å². The summed E-state index contributed by atoms with van der Waals surface area (Å²) >= 11 is 0. The number of benzene rings is 3. The van der Waals surface area contributed by atoms with Crippen LogP contribution in [0, 0.1) is 0 Å². The molecule has 3 aromatic carbocycles. The molecule has 0 atom stereocenters. The maximum atomic E-state index is 10.7. The SMILES string of the molecule is CC(C)(Oc1cccc(O)c1C(C)(C)c1ccc(O)cc1)c1ccc(O)cc1. The summed E-state index contributed by atoms with van der Waals surface area (Å²) < 4.78 is 6.38. The van der Waals surface area contributed by atoms with E-state index in [9.17, 15) is 15.3 Å². The van der Waals surface area contributed by atoms with E-state index in [2.05, 4.69) is 0 Å². The maximum absolute atomic E-state index is 10.7. The summed E-state index contributed by atoms with van der Waals surface area (Å²) in [6, 6.07) is 19.1. The van der Waals surface area contributed by atoms with Crippen molar-refractivity contribution in [2.45, 2.75) is 38.7 Å². The summed E-state index contributed by atoms with van der Waals surface area (Å²) in [5.41, 5.74) is 1.29. The average molecular weight is 378 g/mol. The predicted molar refractivity (Wildman–Crippen MR) is 110 cm³/mol. The Kier molecular flexibility index (Phi) is 4.99. The van der Waals surface area contributed by atoms with Crippen LogP contribution in [-0.2, 0) is 11.0 Å². The van der Waals surface area contributed by atoms with Crippen LogP contribution in [-0.4, -0.2) is 15.3 Å². The van der Waals surface area contributed by atoms with Crippen molar-refractivity contribution in [1.82, 2.24) is 0 Å². The van der Waals surface area contributed by atoms with Crippen molar-refractivity contribution in [3.63, 3.8) is 0 Å². The lowest BCUT2D eigenvalue weighted by molar-refractivity contribution is 0.105. The highest BCUT2D eigenvalue weighted by Gasteiger charge is 2.32. The van der Waals surface area contributed by atoms with Crippen LogP contribution in [0.2, 0.25) is 0 Å². The monoisotopic (exact) mass is 378 g/mol. The fourth-order valence-corrected chi connectivity index (χ4v) is 3.45. The van der Waals surface area contributed by atoms with Crippen molar-refractivity contribution in [2.24, 2.45) is 0 Å². The summed E-state index contributed by atoms with van der Waals surface area (Å²) in [6.45, 7) is 7.91. The number of phenols is 3. The minimum absolute atomic E-state index is 0.150. The van der Waals surface area contributed by atoms with Crippen molar-refractivity contribution in [3.05, 3.63) is 83.4 Å². The molecule has 0 aliphatic carbocycles. The van der Waals surface area contributed by atoms with Crippen LogP contribution in [0.15, 0.2) is 66.7 Å². The smallest absolute Gasteiger partial charge is 0.128 e. The minimum atomic E-state index is -0.679. The van der Waals surface area contributed by atoms with E-state index in [1.165, 1.54) is 0 Å². The van der Waals surface area contributed by atoms with Crippen LogP contribution in [0.1, 0.15) is 44.4 Å². The van der Waals surface area contributed by atoms with Crippen LogP contribution in [0.3, 0.4) is 0 Å². The Bertz CT molecular complexity index is 955. The van der Waals surface area contributed by atoms with Crippen LogP contribution < -0.4 is 4.74 Å². The lowest BCUT2D eigenvalue weighted by Gasteiger charge is -2.33. The van der Waals surface area contributed by atoms with Crippen LogP contribution in [0.25, 0.3) is 0 Å². The maximum Gasteiger partial charge on any atom is 0.128 e. The van der Waals surface area contributed by atoms with Crippen molar-refractivity contribution in [2.75, 3.05) is 0 Å². The molecule has 4 heteroatoms. The zero-order chi connectivity index (χ0) is 20.5. The molecular weight excluding hydrogens is 352 g/mol. The highest BCUT2D eigenvalue weighted by Crippen LogP contribution is 2.44. The zero-order valence-corrected chi connectivity index (χ0v) is 16.6. The summed E-state index contributed by atoms with van der Waals surface area (Å²) in [6.07, 6.45) is 0. The lowest BCUT2D eigenvalue weighted by atomic mass is 9.77. The molecule has 146 valence electrons. The molecule has 28 heavy (non-hydrogen) atoms. The molecule has 3 N–H and O–H groups in total. The Labute approximate surface area is 165 Å². The van der Waals surface area contributed by atoms with Gasteiger partial charge < -0.3 is 20.1 Å². The van der Waals surface area contributed by atoms with Gasteiger partial charge in [0.15, 0.2) is 0 Å². The van der Waals surface area contributed by atoms with Crippen molar-refractivity contribution >= 4 is 0 Å². The molecule has 0 heterocycles. The molecule has 0 aliphatic heterocycles. The molecule has 0 bridgehead atoms. The number of hydrogen-bond donors (Lipinski definition) is 3. The molecule has 3 rings (SSSR count). The van der Waals surface area contributed by atoms with E-state index in [0.29, 0.717) is 11.3 Å². The zero-order valence-electron chi connectivity index (χ0n) is 16.6. The first-order valence-electron chi connectivity index (χ1n) is 9.22. The fourth-order valence-electron chi connectivity index (χ4n) is 3.45. The quantitative estimate of drug-likeness (QED) is 0.553. The summed E-state index contributed by atoms with van der Waals surface area (Å²) in [5, 5.41) is 29.8. The first kappa shape index (κ1) is 19.6. The van der Waals surface area contributed by atoms with E-state index in [0.717, 1.165) is 11.1 Å². The first-order valence-corrected chi connectivity index (χ1v) is 9.22. The number of phenolic OH excluding ortho intramolecular Hbond substituents is 3. The minimum Gasteiger partial charge on any atom is -0.508 e. The van der Waals surface area contributed by atoms with E-state index in [1.54, 1.807) is 36.4 Å². The highest BCUT2D eigenvalue weighted by atomic mass is 16.5. The van der Waals surface area contributed by atoms with Gasteiger partial charge in [0, 0.05) is 11.0 Å². The van der Waals surface area contributed by atoms with Gasteiger partial charge in [0.25, 0.3) is 0 Å². The van der Waals surface area contributed by atoms with E-state index < -0.39 is 11.0 Å². The molecule has 0 amide bonds. The number of rotatable bonds is 5. The Hall–Kier alpha value is -3.14. The van der Waals surface area contributed by atoms with Crippen LogP contribution in [0.5, 0.6) is 23.0 Å². The number of aromatic hydroxyl groups is 3. The second-order valence-corrected chi connectivity index (χ2v) is 7.98. The van der Waals surface area contributed by atoms with Gasteiger partial charge >= 0.3 is 0 Å². The topological polar surface area (TPSA) is 69.9 Å². The Morgan fingerprint density at radius 2 is 1.14 bits per heavy atom. The van der Waals surface area contributed by atoms with E-state index in [1.807, 2.05) is 58.0 Å². The molecule has 0 aromatic heterocycles. The standard InChI is InChI=1S/C24H26O4/c1-23(2,16-8-12-18(25)13-9-16)22-20(27)6-5-7-21(22)28-24(3,4)17-10-14-19(26)15-11-17/h5-15,25-27H,1-4H3. The second-order valence-electron chi connectivity index (χ2n) is 7.98. The summed E-state index contributed by atoms with van der Waals surface area (Å²) in [5.74, 6) is 1.13. The average Bonchev–Trinajstić information content (AvgIpc) is 2.62. The second kappa shape index (κ2) is 7.12. The molecule has 0 unspecified atom stereocenters. The molecule has 0 fully saturated rings. The van der Waals surface area contributed by atoms with Crippen LogP contribution in [0.4, 0.5) is 0 Å². The Morgan fingerprint density at radius 3 is 1.68 bits per heavy atom. The van der Waals surface area contributed by atoms with Gasteiger partial charge in [-0.25, -0.2) is 0 Å². The first-order chi connectivity index (χ1) is 13.1. The van der Waals surface area contributed by atoms with Gasteiger partial charge in [-0.15, -0.1) is 0 Å². The predicted octanol–water partition coefficient (Wildman–Crippen LogP) is 5.44. The van der Waals surface area contributed by atoms with Gasteiger partial charge in [0.05, 0.1) is 0 Å². The lowest BCUT2D eigenvalue weighted by Crippen LogP contribution is -2.28. The molecule has 0 saturated heterocycles. The van der Waals surface area contributed by atoms with E-state index in [4.69, 9.17) is 4.74 Å². The number of hydrogen-bond acceptors (Lipinski definition) is 4. The molecular formula is C24H26O4. The third-order valence-electron chi connectivity index (χ3n) is 5.15. The molecule has 0 saturated carbocycles. The van der Waals surface area contributed by atoms with Crippen molar-refractivity contribution in [3.8, 4) is 23.0 Å². The molecule has 3 aromatic rings. The van der Waals surface area contributed by atoms with Gasteiger partial charge in [-0.05, 0) is 61.4 Å².